The summed E-state index contributed by atoms with van der Waals surface area (Å²) in [6, 6.07) is 7.18. The molecule has 0 unspecified atom stereocenters. The Hall–Kier alpha value is -1.63. The standard InChI is InChI=1S/C15H14INO3/c1-8-9(2)15(19)13(12(16)14(8)18)17-10-4-6-11(20-3)7-5-10/h4-7,17H,1-3H3. The molecular formula is C15H14INO3. The first-order valence-corrected chi connectivity index (χ1v) is 7.11. The highest BCUT2D eigenvalue weighted by atomic mass is 127. The van der Waals surface area contributed by atoms with Crippen LogP contribution in [0.1, 0.15) is 13.8 Å². The van der Waals surface area contributed by atoms with Crippen molar-refractivity contribution in [2.24, 2.45) is 0 Å². The number of methoxy groups -OCH3 is 1. The Bertz CT molecular complexity index is 642. The Labute approximate surface area is 131 Å². The fourth-order valence-corrected chi connectivity index (χ4v) is 2.62. The molecule has 1 N–H and O–H groups in total. The van der Waals surface area contributed by atoms with Crippen LogP contribution in [0.4, 0.5) is 5.69 Å². The smallest absolute Gasteiger partial charge is 0.206 e. The van der Waals surface area contributed by atoms with E-state index < -0.39 is 0 Å². The van der Waals surface area contributed by atoms with Crippen molar-refractivity contribution in [3.63, 3.8) is 0 Å². The third-order valence-corrected chi connectivity index (χ3v) is 4.28. The average molecular weight is 383 g/mol. The normalized spacial score (nSPS) is 15.8. The monoisotopic (exact) mass is 383 g/mol. The minimum Gasteiger partial charge on any atom is -0.497 e. The van der Waals surface area contributed by atoms with Crippen molar-refractivity contribution < 1.29 is 14.3 Å². The van der Waals surface area contributed by atoms with Crippen LogP contribution in [-0.4, -0.2) is 18.7 Å². The van der Waals surface area contributed by atoms with Crippen molar-refractivity contribution in [2.75, 3.05) is 12.4 Å². The largest absolute Gasteiger partial charge is 0.497 e. The maximum atomic E-state index is 12.3. The lowest BCUT2D eigenvalue weighted by molar-refractivity contribution is -0.115. The molecule has 5 heteroatoms. The third-order valence-electron chi connectivity index (χ3n) is 3.25. The second-order valence-corrected chi connectivity index (χ2v) is 5.53. The quantitative estimate of drug-likeness (QED) is 0.643. The number of nitrogens with one attached hydrogen (secondary N) is 1. The second-order valence-electron chi connectivity index (χ2n) is 4.45. The highest BCUT2D eigenvalue weighted by Crippen LogP contribution is 2.29. The van der Waals surface area contributed by atoms with Gasteiger partial charge in [-0.2, -0.15) is 0 Å². The van der Waals surface area contributed by atoms with Crippen LogP contribution in [0.15, 0.2) is 44.7 Å². The van der Waals surface area contributed by atoms with Crippen molar-refractivity contribution in [1.29, 1.82) is 0 Å². The molecule has 0 aromatic heterocycles. The van der Waals surface area contributed by atoms with E-state index in [2.05, 4.69) is 5.32 Å². The molecule has 0 aliphatic heterocycles. The van der Waals surface area contributed by atoms with Crippen LogP contribution in [0.5, 0.6) is 5.75 Å². The molecule has 1 aromatic rings. The summed E-state index contributed by atoms with van der Waals surface area (Å²) in [5.74, 6) is 0.498. The SMILES string of the molecule is COc1ccc(NC2=C(I)C(=O)C(C)=C(C)C2=O)cc1. The number of ketones is 2. The first kappa shape index (κ1) is 14.8. The number of hydrogen-bond donors (Lipinski definition) is 1. The van der Waals surface area contributed by atoms with Crippen LogP contribution in [0.25, 0.3) is 0 Å². The van der Waals surface area contributed by atoms with Crippen molar-refractivity contribution in [3.05, 3.63) is 44.7 Å². The Morgan fingerprint density at radius 2 is 1.55 bits per heavy atom. The number of carbonyl (C=O) groups is 2. The van der Waals surface area contributed by atoms with E-state index in [-0.39, 0.29) is 11.6 Å². The number of carbonyl (C=O) groups excluding carboxylic acids is 2. The van der Waals surface area contributed by atoms with E-state index >= 15 is 0 Å². The molecule has 0 heterocycles. The lowest BCUT2D eigenvalue weighted by atomic mass is 9.95. The van der Waals surface area contributed by atoms with E-state index in [9.17, 15) is 9.59 Å². The Morgan fingerprint density at radius 3 is 2.10 bits per heavy atom. The molecule has 0 bridgehead atoms. The number of benzene rings is 1. The molecule has 4 nitrogen and oxygen atoms in total. The zero-order valence-electron chi connectivity index (χ0n) is 11.4. The molecule has 0 saturated heterocycles. The first-order valence-electron chi connectivity index (χ1n) is 6.03. The van der Waals surface area contributed by atoms with Gasteiger partial charge in [-0.25, -0.2) is 0 Å². The number of halogens is 1. The van der Waals surface area contributed by atoms with Crippen LogP contribution in [-0.2, 0) is 9.59 Å². The van der Waals surface area contributed by atoms with E-state index in [4.69, 9.17) is 4.74 Å². The Morgan fingerprint density at radius 1 is 1.00 bits per heavy atom. The molecule has 0 spiro atoms. The molecule has 2 rings (SSSR count). The van der Waals surface area contributed by atoms with Crippen molar-refractivity contribution in [2.45, 2.75) is 13.8 Å². The molecule has 20 heavy (non-hydrogen) atoms. The molecule has 0 saturated carbocycles. The van der Waals surface area contributed by atoms with E-state index in [1.807, 2.05) is 22.6 Å². The molecule has 0 fully saturated rings. The maximum absolute atomic E-state index is 12.3. The average Bonchev–Trinajstić information content (AvgIpc) is 2.48. The van der Waals surface area contributed by atoms with Gasteiger partial charge in [0.15, 0.2) is 5.78 Å². The number of allylic oxidation sites excluding steroid dienone is 3. The van der Waals surface area contributed by atoms with Gasteiger partial charge in [0.2, 0.25) is 5.78 Å². The van der Waals surface area contributed by atoms with Crippen LogP contribution in [0.3, 0.4) is 0 Å². The maximum Gasteiger partial charge on any atom is 0.206 e. The topological polar surface area (TPSA) is 55.4 Å². The summed E-state index contributed by atoms with van der Waals surface area (Å²) in [6.45, 7) is 3.35. The summed E-state index contributed by atoms with van der Waals surface area (Å²) >= 11 is 1.91. The number of Topliss-reactive ketones (excluding diaryl/α,β-unsaturated/α-hetero) is 2. The van der Waals surface area contributed by atoms with Crippen molar-refractivity contribution in [3.8, 4) is 5.75 Å². The van der Waals surface area contributed by atoms with E-state index in [0.717, 1.165) is 11.4 Å². The van der Waals surface area contributed by atoms with Crippen LogP contribution in [0, 0.1) is 0 Å². The number of rotatable bonds is 3. The zero-order valence-corrected chi connectivity index (χ0v) is 13.6. The van der Waals surface area contributed by atoms with Crippen LogP contribution in [0.2, 0.25) is 0 Å². The van der Waals surface area contributed by atoms with Crippen LogP contribution < -0.4 is 10.1 Å². The van der Waals surface area contributed by atoms with Gasteiger partial charge in [-0.3, -0.25) is 9.59 Å². The van der Waals surface area contributed by atoms with Crippen LogP contribution >= 0.6 is 22.6 Å². The molecule has 1 aromatic carbocycles. The fourth-order valence-electron chi connectivity index (χ4n) is 1.84. The molecule has 0 atom stereocenters. The summed E-state index contributed by atoms with van der Waals surface area (Å²) < 4.78 is 5.50. The molecule has 0 radical (unpaired) electrons. The number of ether oxygens (including phenoxy) is 1. The van der Waals surface area contributed by atoms with Gasteiger partial charge < -0.3 is 10.1 Å². The molecule has 104 valence electrons. The summed E-state index contributed by atoms with van der Waals surface area (Å²) in [4.78, 5) is 24.3. The third kappa shape index (κ3) is 2.63. The fraction of sp³-hybridized carbons (Fsp3) is 0.200. The van der Waals surface area contributed by atoms with Gasteiger partial charge in [-0.15, -0.1) is 0 Å². The summed E-state index contributed by atoms with van der Waals surface area (Å²) in [6.07, 6.45) is 0. The summed E-state index contributed by atoms with van der Waals surface area (Å²) in [5.41, 5.74) is 2.08. The van der Waals surface area contributed by atoms with Gasteiger partial charge in [-0.1, -0.05) is 0 Å². The lowest BCUT2D eigenvalue weighted by Gasteiger charge is -2.18. The number of hydrogen-bond acceptors (Lipinski definition) is 4. The van der Waals surface area contributed by atoms with Gasteiger partial charge in [0, 0.05) is 16.8 Å². The predicted molar refractivity (Wildman–Crippen MR) is 86.1 cm³/mol. The molecule has 1 aliphatic carbocycles. The Balaban J connectivity index is 2.32. The zero-order chi connectivity index (χ0) is 14.9. The molecule has 1 aliphatic rings. The van der Waals surface area contributed by atoms with E-state index in [1.165, 1.54) is 0 Å². The van der Waals surface area contributed by atoms with Gasteiger partial charge >= 0.3 is 0 Å². The molecular weight excluding hydrogens is 369 g/mol. The van der Waals surface area contributed by atoms with E-state index in [0.29, 0.717) is 20.4 Å². The minimum atomic E-state index is -0.137. The van der Waals surface area contributed by atoms with Gasteiger partial charge in [-0.05, 0) is 60.7 Å². The van der Waals surface area contributed by atoms with Gasteiger partial charge in [0.25, 0.3) is 0 Å². The molecule has 0 amide bonds. The highest BCUT2D eigenvalue weighted by molar-refractivity contribution is 14.1. The highest BCUT2D eigenvalue weighted by Gasteiger charge is 2.29. The second kappa shape index (κ2) is 5.78. The van der Waals surface area contributed by atoms with Gasteiger partial charge in [0.1, 0.15) is 11.4 Å². The summed E-state index contributed by atoms with van der Waals surface area (Å²) in [7, 11) is 1.59. The van der Waals surface area contributed by atoms with E-state index in [1.54, 1.807) is 45.2 Å². The lowest BCUT2D eigenvalue weighted by Crippen LogP contribution is -2.23. The Kier molecular flexibility index (Phi) is 4.27. The first-order chi connectivity index (χ1) is 9.45. The van der Waals surface area contributed by atoms with Crippen molar-refractivity contribution in [1.82, 2.24) is 0 Å². The number of anilines is 1. The minimum absolute atomic E-state index is 0.0984. The summed E-state index contributed by atoms with van der Waals surface area (Å²) in [5, 5.41) is 3.03. The predicted octanol–water partition coefficient (Wildman–Crippen LogP) is 3.24. The van der Waals surface area contributed by atoms with Gasteiger partial charge in [0.05, 0.1) is 10.7 Å². The van der Waals surface area contributed by atoms with Crippen molar-refractivity contribution >= 4 is 39.8 Å².